The highest BCUT2D eigenvalue weighted by molar-refractivity contribution is 6.35. The van der Waals surface area contributed by atoms with E-state index in [2.05, 4.69) is 0 Å². The van der Waals surface area contributed by atoms with Crippen LogP contribution in [0.1, 0.15) is 67.3 Å². The molecule has 0 atom stereocenters. The summed E-state index contributed by atoms with van der Waals surface area (Å²) < 4.78 is 21.2. The monoisotopic (exact) mass is 598 g/mol. The number of aromatic nitrogens is 2. The summed E-state index contributed by atoms with van der Waals surface area (Å²) in [6.07, 6.45) is 4.79. The Morgan fingerprint density at radius 1 is 0.976 bits per heavy atom. The van der Waals surface area contributed by atoms with Crippen LogP contribution in [0.2, 0.25) is 10.0 Å². The fourth-order valence-electron chi connectivity index (χ4n) is 5.23. The van der Waals surface area contributed by atoms with Gasteiger partial charge in [-0.2, -0.15) is 5.10 Å². The third-order valence-electron chi connectivity index (χ3n) is 7.13. The molecule has 2 amide bonds. The van der Waals surface area contributed by atoms with Crippen molar-refractivity contribution >= 4 is 46.9 Å². The fourth-order valence-corrected chi connectivity index (χ4v) is 5.71. The lowest BCUT2D eigenvalue weighted by molar-refractivity contribution is 0.0279. The van der Waals surface area contributed by atoms with Gasteiger partial charge < -0.3 is 14.5 Å². The molecule has 0 unspecified atom stereocenters. The van der Waals surface area contributed by atoms with Crippen molar-refractivity contribution < 1.29 is 18.7 Å². The largest absolute Gasteiger partial charge is 0.444 e. The molecule has 3 aromatic rings. The van der Waals surface area contributed by atoms with Crippen LogP contribution in [0, 0.1) is 5.82 Å². The smallest absolute Gasteiger partial charge is 0.410 e. The third-order valence-corrected chi connectivity index (χ3v) is 7.66. The number of rotatable bonds is 3. The van der Waals surface area contributed by atoms with Crippen molar-refractivity contribution in [1.29, 1.82) is 0 Å². The second-order valence-corrected chi connectivity index (χ2v) is 12.3. The Morgan fingerprint density at radius 2 is 1.68 bits per heavy atom. The van der Waals surface area contributed by atoms with Crippen LogP contribution in [0.3, 0.4) is 0 Å². The van der Waals surface area contributed by atoms with Gasteiger partial charge in [0.25, 0.3) is 5.91 Å². The first-order chi connectivity index (χ1) is 19.5. The minimum Gasteiger partial charge on any atom is -0.444 e. The Morgan fingerprint density at radius 3 is 2.34 bits per heavy atom. The van der Waals surface area contributed by atoms with E-state index in [1.54, 1.807) is 39.9 Å². The van der Waals surface area contributed by atoms with Crippen LogP contribution in [0.5, 0.6) is 0 Å². The van der Waals surface area contributed by atoms with Crippen LogP contribution in [0.4, 0.5) is 9.18 Å². The molecule has 0 spiro atoms. The number of halogens is 3. The molecule has 10 heteroatoms. The number of amides is 2. The Balaban J connectivity index is 1.70. The maximum absolute atomic E-state index is 13.9. The molecular formula is C31H33Cl2FN4O3. The topological polar surface area (TPSA) is 67.7 Å². The SMILES string of the molecule is CC(C)(C)OC(=O)N1CCc2c(C(=O)N3CCCCC3)nn(-c3ccc(Cl)cc3Cl)c2C(=Cc2ccc(F)cc2)C1. The van der Waals surface area contributed by atoms with Crippen LogP contribution >= 0.6 is 23.2 Å². The van der Waals surface area contributed by atoms with E-state index in [0.717, 1.165) is 30.4 Å². The first kappa shape index (κ1) is 29.1. The molecule has 216 valence electrons. The van der Waals surface area contributed by atoms with Crippen LogP contribution in [-0.4, -0.2) is 63.4 Å². The normalized spacial score (nSPS) is 16.9. The lowest BCUT2D eigenvalue weighted by Crippen LogP contribution is -2.38. The molecule has 41 heavy (non-hydrogen) atoms. The number of fused-ring (bicyclic) bond motifs is 1. The van der Waals surface area contributed by atoms with Gasteiger partial charge in [-0.25, -0.2) is 13.9 Å². The number of piperidine rings is 1. The molecule has 1 fully saturated rings. The number of ether oxygens (including phenoxy) is 1. The quantitative estimate of drug-likeness (QED) is 0.318. The van der Waals surface area contributed by atoms with Gasteiger partial charge >= 0.3 is 6.09 Å². The van der Waals surface area contributed by atoms with Crippen molar-refractivity contribution in [2.75, 3.05) is 26.2 Å². The summed E-state index contributed by atoms with van der Waals surface area (Å²) in [7, 11) is 0. The van der Waals surface area contributed by atoms with E-state index >= 15 is 0 Å². The summed E-state index contributed by atoms with van der Waals surface area (Å²) in [4.78, 5) is 30.7. The molecule has 0 radical (unpaired) electrons. The molecule has 2 aliphatic heterocycles. The van der Waals surface area contributed by atoms with Crippen LogP contribution < -0.4 is 0 Å². The molecule has 7 nitrogen and oxygen atoms in total. The highest BCUT2D eigenvalue weighted by Gasteiger charge is 2.34. The number of carbonyl (C=O) groups excluding carboxylic acids is 2. The van der Waals surface area contributed by atoms with Crippen molar-refractivity contribution in [1.82, 2.24) is 19.6 Å². The fraction of sp³-hybridized carbons (Fsp3) is 0.387. The number of nitrogens with zero attached hydrogens (tertiary/aromatic N) is 4. The Kier molecular flexibility index (Phi) is 8.43. The van der Waals surface area contributed by atoms with E-state index in [1.165, 1.54) is 12.1 Å². The zero-order chi connectivity index (χ0) is 29.3. The van der Waals surface area contributed by atoms with E-state index < -0.39 is 11.7 Å². The van der Waals surface area contributed by atoms with E-state index in [-0.39, 0.29) is 18.3 Å². The maximum atomic E-state index is 13.9. The summed E-state index contributed by atoms with van der Waals surface area (Å²) in [6.45, 7) is 7.32. The lowest BCUT2D eigenvalue weighted by Gasteiger charge is -2.27. The molecule has 3 heterocycles. The number of likely N-dealkylation sites (tertiary alicyclic amines) is 1. The van der Waals surface area contributed by atoms with Crippen molar-refractivity contribution in [3.8, 4) is 5.69 Å². The molecule has 0 N–H and O–H groups in total. The first-order valence-corrected chi connectivity index (χ1v) is 14.6. The molecule has 0 bridgehead atoms. The standard InChI is InChI=1S/C31H33Cl2FN4O3/c1-31(2,3)41-30(40)37-16-13-24-27(29(39)36-14-5-4-6-15-36)35-38(26-12-9-22(32)18-25(26)33)28(24)21(19-37)17-20-7-10-23(34)11-8-20/h7-12,17-18H,4-6,13-16,19H2,1-3H3. The number of carbonyl (C=O) groups is 2. The minimum atomic E-state index is -0.680. The predicted molar refractivity (Wildman–Crippen MR) is 159 cm³/mol. The van der Waals surface area contributed by atoms with Gasteiger partial charge in [-0.15, -0.1) is 0 Å². The van der Waals surface area contributed by atoms with Gasteiger partial charge in [0.15, 0.2) is 5.69 Å². The van der Waals surface area contributed by atoms with Gasteiger partial charge in [-0.05, 0) is 94.0 Å². The summed E-state index contributed by atoms with van der Waals surface area (Å²) in [5.74, 6) is -0.492. The number of hydrogen-bond donors (Lipinski definition) is 0. The molecule has 1 aromatic heterocycles. The van der Waals surface area contributed by atoms with Crippen molar-refractivity contribution in [3.05, 3.63) is 80.8 Å². The number of hydrogen-bond acceptors (Lipinski definition) is 4. The van der Waals surface area contributed by atoms with Gasteiger partial charge in [0.05, 0.1) is 22.9 Å². The van der Waals surface area contributed by atoms with Gasteiger partial charge in [0.1, 0.15) is 11.4 Å². The van der Waals surface area contributed by atoms with Crippen molar-refractivity contribution in [3.63, 3.8) is 0 Å². The predicted octanol–water partition coefficient (Wildman–Crippen LogP) is 7.28. The van der Waals surface area contributed by atoms with E-state index in [4.69, 9.17) is 33.0 Å². The highest BCUT2D eigenvalue weighted by Crippen LogP contribution is 2.35. The molecule has 1 saturated heterocycles. The summed E-state index contributed by atoms with van der Waals surface area (Å²) in [6, 6.07) is 11.2. The van der Waals surface area contributed by atoms with Crippen molar-refractivity contribution in [2.24, 2.45) is 0 Å². The Bertz CT molecular complexity index is 1490. The van der Waals surface area contributed by atoms with Gasteiger partial charge in [0, 0.05) is 30.2 Å². The van der Waals surface area contributed by atoms with Gasteiger partial charge in [0.2, 0.25) is 0 Å². The molecule has 0 saturated carbocycles. The molecule has 0 aliphatic carbocycles. The van der Waals surface area contributed by atoms with Crippen molar-refractivity contribution in [2.45, 2.75) is 52.1 Å². The zero-order valence-corrected chi connectivity index (χ0v) is 24.9. The molecule has 2 aliphatic rings. The number of benzene rings is 2. The highest BCUT2D eigenvalue weighted by atomic mass is 35.5. The first-order valence-electron chi connectivity index (χ1n) is 13.8. The summed E-state index contributed by atoms with van der Waals surface area (Å²) in [5, 5.41) is 5.71. The van der Waals surface area contributed by atoms with Gasteiger partial charge in [-0.3, -0.25) is 4.79 Å². The maximum Gasteiger partial charge on any atom is 0.410 e. The van der Waals surface area contributed by atoms with E-state index in [9.17, 15) is 14.0 Å². The minimum absolute atomic E-state index is 0.142. The summed E-state index contributed by atoms with van der Waals surface area (Å²) >= 11 is 12.9. The average Bonchev–Trinajstić information content (AvgIpc) is 3.19. The third kappa shape index (κ3) is 6.60. The molecule has 5 rings (SSSR count). The lowest BCUT2D eigenvalue weighted by atomic mass is 10.0. The van der Waals surface area contributed by atoms with Crippen LogP contribution in [0.25, 0.3) is 17.3 Å². The van der Waals surface area contributed by atoms with E-state index in [1.807, 2.05) is 31.7 Å². The average molecular weight is 600 g/mol. The zero-order valence-electron chi connectivity index (χ0n) is 23.4. The molecule has 2 aromatic carbocycles. The second kappa shape index (κ2) is 11.9. The van der Waals surface area contributed by atoms with Gasteiger partial charge in [-0.1, -0.05) is 35.3 Å². The second-order valence-electron chi connectivity index (χ2n) is 11.4. The molecular weight excluding hydrogens is 566 g/mol. The Labute approximate surface area is 249 Å². The van der Waals surface area contributed by atoms with Crippen LogP contribution in [0.15, 0.2) is 42.5 Å². The Hall–Kier alpha value is -3.36. The van der Waals surface area contributed by atoms with E-state index in [0.29, 0.717) is 58.7 Å². The van der Waals surface area contributed by atoms with Crippen LogP contribution in [-0.2, 0) is 11.2 Å². The summed E-state index contributed by atoms with van der Waals surface area (Å²) in [5.41, 5.74) is 3.06.